The number of amides is 1. The predicted octanol–water partition coefficient (Wildman–Crippen LogP) is 3.55. The zero-order valence-electron chi connectivity index (χ0n) is 9.65. The molecule has 19 heavy (non-hydrogen) atoms. The standard InChI is InChI=1S/C14H8FIN2O/c15-11-5-6-13(12(16)7-11)18-14(19)10-3-1-9(8-17)2-4-10/h1-7H,(H,18,19). The first-order valence-corrected chi connectivity index (χ1v) is 6.44. The van der Waals surface area contributed by atoms with Crippen LogP contribution in [0.1, 0.15) is 15.9 Å². The maximum atomic E-state index is 12.9. The summed E-state index contributed by atoms with van der Waals surface area (Å²) in [7, 11) is 0. The second kappa shape index (κ2) is 5.80. The number of nitriles is 1. The first-order chi connectivity index (χ1) is 9.10. The molecule has 0 aliphatic carbocycles. The summed E-state index contributed by atoms with van der Waals surface area (Å²) in [6.45, 7) is 0. The lowest BCUT2D eigenvalue weighted by molar-refractivity contribution is 0.102. The van der Waals surface area contributed by atoms with Crippen molar-refractivity contribution in [3.63, 3.8) is 0 Å². The van der Waals surface area contributed by atoms with Gasteiger partial charge in [-0.05, 0) is 65.1 Å². The van der Waals surface area contributed by atoms with Crippen LogP contribution in [-0.4, -0.2) is 5.91 Å². The molecule has 0 spiro atoms. The van der Waals surface area contributed by atoms with Gasteiger partial charge in [0.2, 0.25) is 0 Å². The number of halogens is 2. The monoisotopic (exact) mass is 366 g/mol. The van der Waals surface area contributed by atoms with Gasteiger partial charge in [-0.3, -0.25) is 4.79 Å². The summed E-state index contributed by atoms with van der Waals surface area (Å²) in [6.07, 6.45) is 0. The van der Waals surface area contributed by atoms with Crippen LogP contribution in [0.15, 0.2) is 42.5 Å². The third kappa shape index (κ3) is 3.29. The quantitative estimate of drug-likeness (QED) is 0.827. The fourth-order valence-electron chi connectivity index (χ4n) is 1.48. The summed E-state index contributed by atoms with van der Waals surface area (Å²) in [5.74, 6) is -0.644. The van der Waals surface area contributed by atoms with Gasteiger partial charge < -0.3 is 5.32 Å². The molecule has 0 unspecified atom stereocenters. The SMILES string of the molecule is N#Cc1ccc(C(=O)Nc2ccc(F)cc2I)cc1. The van der Waals surface area contributed by atoms with Crippen molar-refractivity contribution >= 4 is 34.2 Å². The summed E-state index contributed by atoms with van der Waals surface area (Å²) in [6, 6.07) is 12.4. The van der Waals surface area contributed by atoms with Crippen LogP contribution in [0.3, 0.4) is 0 Å². The van der Waals surface area contributed by atoms with Crippen molar-refractivity contribution in [2.24, 2.45) is 0 Å². The number of hydrogen-bond acceptors (Lipinski definition) is 2. The maximum Gasteiger partial charge on any atom is 0.255 e. The first kappa shape index (κ1) is 13.5. The van der Waals surface area contributed by atoms with E-state index in [0.717, 1.165) is 0 Å². The Labute approximate surface area is 123 Å². The summed E-state index contributed by atoms with van der Waals surface area (Å²) in [4.78, 5) is 12.0. The highest BCUT2D eigenvalue weighted by Gasteiger charge is 2.08. The Kier molecular flexibility index (Phi) is 4.12. The molecule has 0 atom stereocenters. The smallest absolute Gasteiger partial charge is 0.255 e. The van der Waals surface area contributed by atoms with Crippen LogP contribution in [-0.2, 0) is 0 Å². The van der Waals surface area contributed by atoms with Gasteiger partial charge in [-0.25, -0.2) is 4.39 Å². The van der Waals surface area contributed by atoms with E-state index in [1.165, 1.54) is 18.2 Å². The Morgan fingerprint density at radius 2 is 1.89 bits per heavy atom. The normalized spacial score (nSPS) is 9.74. The molecule has 0 saturated heterocycles. The average Bonchev–Trinajstić information content (AvgIpc) is 2.42. The summed E-state index contributed by atoms with van der Waals surface area (Å²) < 4.78 is 13.6. The lowest BCUT2D eigenvalue weighted by Crippen LogP contribution is -2.12. The Morgan fingerprint density at radius 3 is 2.47 bits per heavy atom. The van der Waals surface area contributed by atoms with Crippen molar-refractivity contribution < 1.29 is 9.18 Å². The Bertz CT molecular complexity index is 662. The number of carbonyl (C=O) groups is 1. The lowest BCUT2D eigenvalue weighted by atomic mass is 10.1. The van der Waals surface area contributed by atoms with E-state index in [1.807, 2.05) is 28.7 Å². The first-order valence-electron chi connectivity index (χ1n) is 5.37. The molecule has 2 aromatic carbocycles. The van der Waals surface area contributed by atoms with Crippen LogP contribution >= 0.6 is 22.6 Å². The van der Waals surface area contributed by atoms with Crippen molar-refractivity contribution in [1.29, 1.82) is 5.26 Å². The average molecular weight is 366 g/mol. The largest absolute Gasteiger partial charge is 0.321 e. The zero-order valence-corrected chi connectivity index (χ0v) is 11.8. The summed E-state index contributed by atoms with van der Waals surface area (Å²) in [5, 5.41) is 11.4. The second-order valence-corrected chi connectivity index (χ2v) is 4.93. The van der Waals surface area contributed by atoms with E-state index in [1.54, 1.807) is 24.3 Å². The van der Waals surface area contributed by atoms with Crippen molar-refractivity contribution in [2.75, 3.05) is 5.32 Å². The van der Waals surface area contributed by atoms with Gasteiger partial charge >= 0.3 is 0 Å². The Morgan fingerprint density at radius 1 is 1.21 bits per heavy atom. The van der Waals surface area contributed by atoms with Crippen molar-refractivity contribution in [2.45, 2.75) is 0 Å². The van der Waals surface area contributed by atoms with E-state index in [9.17, 15) is 9.18 Å². The summed E-state index contributed by atoms with van der Waals surface area (Å²) >= 11 is 1.95. The molecule has 0 heterocycles. The molecule has 2 aromatic rings. The van der Waals surface area contributed by atoms with E-state index in [2.05, 4.69) is 5.32 Å². The fraction of sp³-hybridized carbons (Fsp3) is 0. The van der Waals surface area contributed by atoms with Crippen LogP contribution in [0, 0.1) is 20.7 Å². The van der Waals surface area contributed by atoms with E-state index in [4.69, 9.17) is 5.26 Å². The Hall–Kier alpha value is -1.94. The van der Waals surface area contributed by atoms with Gasteiger partial charge in [0.05, 0.1) is 17.3 Å². The molecule has 0 saturated carbocycles. The highest BCUT2D eigenvalue weighted by molar-refractivity contribution is 14.1. The predicted molar refractivity (Wildman–Crippen MR) is 78.2 cm³/mol. The van der Waals surface area contributed by atoms with Gasteiger partial charge in [0.15, 0.2) is 0 Å². The number of carbonyl (C=O) groups excluding carboxylic acids is 1. The molecule has 1 N–H and O–H groups in total. The number of hydrogen-bond donors (Lipinski definition) is 1. The Balaban J connectivity index is 2.18. The topological polar surface area (TPSA) is 52.9 Å². The number of rotatable bonds is 2. The highest BCUT2D eigenvalue weighted by atomic mass is 127. The fourth-order valence-corrected chi connectivity index (χ4v) is 2.09. The van der Waals surface area contributed by atoms with Gasteiger partial charge in [-0.2, -0.15) is 5.26 Å². The molecular weight excluding hydrogens is 358 g/mol. The van der Waals surface area contributed by atoms with E-state index >= 15 is 0 Å². The maximum absolute atomic E-state index is 12.9. The minimum atomic E-state index is -0.347. The van der Waals surface area contributed by atoms with Gasteiger partial charge in [0, 0.05) is 9.13 Å². The van der Waals surface area contributed by atoms with Crippen molar-refractivity contribution in [3.05, 3.63) is 63.0 Å². The number of nitrogens with zero attached hydrogens (tertiary/aromatic N) is 1. The van der Waals surface area contributed by atoms with E-state index in [-0.39, 0.29) is 11.7 Å². The van der Waals surface area contributed by atoms with Crippen LogP contribution in [0.2, 0.25) is 0 Å². The molecular formula is C14H8FIN2O. The molecule has 3 nitrogen and oxygen atoms in total. The van der Waals surface area contributed by atoms with Crippen LogP contribution in [0.5, 0.6) is 0 Å². The molecule has 0 aliphatic rings. The van der Waals surface area contributed by atoms with Gasteiger partial charge in [0.25, 0.3) is 5.91 Å². The second-order valence-electron chi connectivity index (χ2n) is 3.77. The molecule has 5 heteroatoms. The zero-order chi connectivity index (χ0) is 13.8. The molecule has 0 radical (unpaired) electrons. The van der Waals surface area contributed by atoms with Crippen molar-refractivity contribution in [3.8, 4) is 6.07 Å². The molecule has 0 bridgehead atoms. The number of anilines is 1. The van der Waals surface area contributed by atoms with Gasteiger partial charge in [-0.1, -0.05) is 0 Å². The molecule has 94 valence electrons. The van der Waals surface area contributed by atoms with E-state index in [0.29, 0.717) is 20.4 Å². The highest BCUT2D eigenvalue weighted by Crippen LogP contribution is 2.19. The molecule has 0 aliphatic heterocycles. The molecule has 0 aromatic heterocycles. The minimum Gasteiger partial charge on any atom is -0.321 e. The molecule has 1 amide bonds. The lowest BCUT2D eigenvalue weighted by Gasteiger charge is -2.07. The third-order valence-electron chi connectivity index (χ3n) is 2.46. The molecule has 2 rings (SSSR count). The minimum absolute atomic E-state index is 0.297. The number of benzene rings is 2. The third-order valence-corrected chi connectivity index (χ3v) is 3.35. The van der Waals surface area contributed by atoms with Crippen LogP contribution < -0.4 is 5.32 Å². The number of nitrogens with one attached hydrogen (secondary N) is 1. The molecule has 0 fully saturated rings. The van der Waals surface area contributed by atoms with Crippen LogP contribution in [0.4, 0.5) is 10.1 Å². The van der Waals surface area contributed by atoms with Crippen LogP contribution in [0.25, 0.3) is 0 Å². The van der Waals surface area contributed by atoms with E-state index < -0.39 is 0 Å². The van der Waals surface area contributed by atoms with Crippen molar-refractivity contribution in [1.82, 2.24) is 0 Å². The van der Waals surface area contributed by atoms with Gasteiger partial charge in [0.1, 0.15) is 5.82 Å². The summed E-state index contributed by atoms with van der Waals surface area (Å²) in [5.41, 5.74) is 1.49. The van der Waals surface area contributed by atoms with Gasteiger partial charge in [-0.15, -0.1) is 0 Å².